The molecule has 0 saturated heterocycles. The van der Waals surface area contributed by atoms with Gasteiger partial charge in [-0.15, -0.1) is 11.3 Å². The molecule has 1 N–H and O–H groups in total. The molecule has 6 rings (SSSR count). The molecular weight excluding hydrogens is 510 g/mol. The lowest BCUT2D eigenvalue weighted by molar-refractivity contribution is 0.0526. The van der Waals surface area contributed by atoms with Gasteiger partial charge >= 0.3 is 12.0 Å². The monoisotopic (exact) mass is 541 g/mol. The molecule has 7 nitrogen and oxygen atoms in total. The van der Waals surface area contributed by atoms with Crippen LogP contribution in [0.1, 0.15) is 63.4 Å². The third-order valence-electron chi connectivity index (χ3n) is 7.50. The molecule has 2 aliphatic rings. The number of nitrogens with zero attached hydrogens (tertiary/aromatic N) is 2. The summed E-state index contributed by atoms with van der Waals surface area (Å²) in [6, 6.07) is 18.4. The quantitative estimate of drug-likeness (QED) is 0.284. The summed E-state index contributed by atoms with van der Waals surface area (Å²) < 4.78 is 12.9. The first kappa shape index (κ1) is 25.2. The van der Waals surface area contributed by atoms with E-state index < -0.39 is 0 Å². The molecule has 1 aliphatic carbocycles. The minimum atomic E-state index is -0.378. The topological polar surface area (TPSA) is 72.8 Å². The lowest BCUT2D eigenvalue weighted by Gasteiger charge is -2.31. The van der Waals surface area contributed by atoms with Crippen molar-refractivity contribution in [3.63, 3.8) is 0 Å². The van der Waals surface area contributed by atoms with Crippen LogP contribution in [0.4, 0.5) is 10.5 Å². The summed E-state index contributed by atoms with van der Waals surface area (Å²) in [6.07, 6.45) is 6.64. The molecule has 2 aromatic heterocycles. The Kier molecular flexibility index (Phi) is 6.87. The highest BCUT2D eigenvalue weighted by Crippen LogP contribution is 2.44. The number of nitrogens with one attached hydrogen (secondary N) is 1. The molecule has 200 valence electrons. The van der Waals surface area contributed by atoms with Crippen LogP contribution in [0, 0.1) is 0 Å². The Morgan fingerprint density at radius 2 is 1.85 bits per heavy atom. The number of thiophene rings is 1. The number of hydrogen-bond acceptors (Lipinski definition) is 5. The number of hydrogen-bond donors (Lipinski definition) is 1. The average molecular weight is 542 g/mol. The van der Waals surface area contributed by atoms with Gasteiger partial charge in [-0.3, -0.25) is 0 Å². The zero-order chi connectivity index (χ0) is 26.9. The van der Waals surface area contributed by atoms with Crippen LogP contribution < -0.4 is 10.1 Å². The Morgan fingerprint density at radius 3 is 2.64 bits per heavy atom. The number of anilines is 1. The maximum Gasteiger partial charge on any atom is 0.338 e. The maximum absolute atomic E-state index is 14.1. The Balaban J connectivity index is 1.41. The average Bonchev–Trinajstić information content (AvgIpc) is 3.55. The van der Waals surface area contributed by atoms with Gasteiger partial charge in [0.05, 0.1) is 37.6 Å². The molecule has 2 aromatic carbocycles. The number of esters is 1. The highest BCUT2D eigenvalue weighted by atomic mass is 32.1. The van der Waals surface area contributed by atoms with Crippen LogP contribution in [0.25, 0.3) is 5.00 Å². The Bertz CT molecular complexity index is 1520. The molecule has 1 atom stereocenters. The number of aryl methyl sites for hydroxylation is 1. The fourth-order valence-corrected chi connectivity index (χ4v) is 7.05. The summed E-state index contributed by atoms with van der Waals surface area (Å²) in [5, 5.41) is 4.30. The Hall–Kier alpha value is -4.04. The van der Waals surface area contributed by atoms with Crippen LogP contribution in [0.3, 0.4) is 0 Å². The normalized spacial score (nSPS) is 15.9. The number of amides is 2. The number of fused-ring (bicyclic) bond motifs is 5. The van der Waals surface area contributed by atoms with E-state index in [2.05, 4.69) is 28.2 Å². The number of methoxy groups -OCH3 is 1. The van der Waals surface area contributed by atoms with Crippen molar-refractivity contribution in [2.24, 2.45) is 0 Å². The van der Waals surface area contributed by atoms with Crippen molar-refractivity contribution in [2.45, 2.75) is 45.2 Å². The standard InChI is InChI=1S/C31H31N3O4S/c1-3-38-30(35)20-13-15-22(16-14-20)32-31(36)34-19-25-24-10-4-5-12-27(24)39-29(25)33-17-7-11-26(33)28(34)21-8-6-9-23(18-21)37-2/h6-9,11,13-18,28H,3-5,10,12,19H2,1-2H3,(H,32,36)/t28-/m0/s1. The van der Waals surface area contributed by atoms with E-state index in [1.165, 1.54) is 33.8 Å². The summed E-state index contributed by atoms with van der Waals surface area (Å²) in [4.78, 5) is 29.6. The van der Waals surface area contributed by atoms with Crippen LogP contribution in [0.2, 0.25) is 0 Å². The van der Waals surface area contributed by atoms with Gasteiger partial charge in [0.1, 0.15) is 10.8 Å². The molecule has 0 fully saturated rings. The van der Waals surface area contributed by atoms with Gasteiger partial charge in [-0.2, -0.15) is 0 Å². The van der Waals surface area contributed by atoms with Gasteiger partial charge in [-0.25, -0.2) is 9.59 Å². The van der Waals surface area contributed by atoms with Crippen LogP contribution in [0.5, 0.6) is 5.75 Å². The number of aromatic nitrogens is 1. The number of benzene rings is 2. The van der Waals surface area contributed by atoms with E-state index >= 15 is 0 Å². The smallest absolute Gasteiger partial charge is 0.338 e. The minimum Gasteiger partial charge on any atom is -0.497 e. The van der Waals surface area contributed by atoms with Crippen molar-refractivity contribution in [1.82, 2.24) is 9.47 Å². The largest absolute Gasteiger partial charge is 0.497 e. The maximum atomic E-state index is 14.1. The highest BCUT2D eigenvalue weighted by Gasteiger charge is 2.36. The Morgan fingerprint density at radius 1 is 1.03 bits per heavy atom. The number of urea groups is 1. The summed E-state index contributed by atoms with van der Waals surface area (Å²) in [5.41, 5.74) is 5.73. The van der Waals surface area contributed by atoms with Gasteiger partial charge in [0.15, 0.2) is 0 Å². The Labute approximate surface area is 232 Å². The summed E-state index contributed by atoms with van der Waals surface area (Å²) in [7, 11) is 1.66. The molecule has 8 heteroatoms. The van der Waals surface area contributed by atoms with Crippen molar-refractivity contribution in [3.8, 4) is 10.8 Å². The fraction of sp³-hybridized carbons (Fsp3) is 0.290. The second-order valence-electron chi connectivity index (χ2n) is 9.83. The van der Waals surface area contributed by atoms with Gasteiger partial charge in [-0.05, 0) is 92.3 Å². The fourth-order valence-electron chi connectivity index (χ4n) is 5.65. The van der Waals surface area contributed by atoms with E-state index in [0.29, 0.717) is 24.4 Å². The van der Waals surface area contributed by atoms with Crippen LogP contribution in [-0.2, 0) is 24.1 Å². The van der Waals surface area contributed by atoms with Crippen molar-refractivity contribution in [1.29, 1.82) is 0 Å². The second kappa shape index (κ2) is 10.6. The summed E-state index contributed by atoms with van der Waals surface area (Å²) in [6.45, 7) is 2.59. The first-order chi connectivity index (χ1) is 19.1. The first-order valence-electron chi connectivity index (χ1n) is 13.4. The molecule has 0 unspecified atom stereocenters. The van der Waals surface area contributed by atoms with E-state index in [4.69, 9.17) is 9.47 Å². The SMILES string of the molecule is CCOC(=O)c1ccc(NC(=O)N2Cc3c(sc4c3CCCC4)-n3cccc3[C@@H]2c2cccc(OC)c2)cc1. The molecule has 0 saturated carbocycles. The molecule has 2 amide bonds. The highest BCUT2D eigenvalue weighted by molar-refractivity contribution is 7.15. The molecule has 4 aromatic rings. The molecule has 3 heterocycles. The molecule has 0 bridgehead atoms. The van der Waals surface area contributed by atoms with Crippen molar-refractivity contribution in [2.75, 3.05) is 19.0 Å². The number of carbonyl (C=O) groups is 2. The number of ether oxygens (including phenoxy) is 2. The third-order valence-corrected chi connectivity index (χ3v) is 8.83. The molecule has 1 aliphatic heterocycles. The van der Waals surface area contributed by atoms with E-state index in [1.54, 1.807) is 38.3 Å². The van der Waals surface area contributed by atoms with Crippen LogP contribution in [-0.4, -0.2) is 35.2 Å². The molecule has 0 spiro atoms. The summed E-state index contributed by atoms with van der Waals surface area (Å²) >= 11 is 1.87. The van der Waals surface area contributed by atoms with Gasteiger partial charge in [0.2, 0.25) is 0 Å². The number of carbonyl (C=O) groups excluding carboxylic acids is 2. The molecule has 39 heavy (non-hydrogen) atoms. The third kappa shape index (κ3) is 4.69. The van der Waals surface area contributed by atoms with E-state index in [-0.39, 0.29) is 18.0 Å². The van der Waals surface area contributed by atoms with E-state index in [9.17, 15) is 9.59 Å². The zero-order valence-corrected chi connectivity index (χ0v) is 22.9. The number of rotatable bonds is 5. The lowest BCUT2D eigenvalue weighted by atomic mass is 9.95. The predicted octanol–water partition coefficient (Wildman–Crippen LogP) is 6.74. The van der Waals surface area contributed by atoms with Crippen molar-refractivity contribution >= 4 is 29.0 Å². The van der Waals surface area contributed by atoms with Crippen LogP contribution >= 0.6 is 11.3 Å². The van der Waals surface area contributed by atoms with Crippen molar-refractivity contribution < 1.29 is 19.1 Å². The van der Waals surface area contributed by atoms with Gasteiger partial charge in [0.25, 0.3) is 0 Å². The molecular formula is C31H31N3O4S. The van der Waals surface area contributed by atoms with Gasteiger partial charge in [0, 0.05) is 22.3 Å². The molecule has 0 radical (unpaired) electrons. The summed E-state index contributed by atoms with van der Waals surface area (Å²) in [5.74, 6) is 0.369. The lowest BCUT2D eigenvalue weighted by Crippen LogP contribution is -2.38. The van der Waals surface area contributed by atoms with Crippen molar-refractivity contribution in [3.05, 3.63) is 99.7 Å². The second-order valence-corrected chi connectivity index (χ2v) is 10.9. The van der Waals surface area contributed by atoms with E-state index in [0.717, 1.165) is 29.8 Å². The predicted molar refractivity (Wildman–Crippen MR) is 152 cm³/mol. The van der Waals surface area contributed by atoms with Gasteiger partial charge in [-0.1, -0.05) is 12.1 Å². The van der Waals surface area contributed by atoms with Crippen LogP contribution in [0.15, 0.2) is 66.9 Å². The van der Waals surface area contributed by atoms with Gasteiger partial charge < -0.3 is 24.3 Å². The first-order valence-corrected chi connectivity index (χ1v) is 14.2. The van der Waals surface area contributed by atoms with E-state index in [1.807, 2.05) is 40.5 Å². The zero-order valence-electron chi connectivity index (χ0n) is 22.1. The minimum absolute atomic E-state index is 0.205.